The number of rotatable bonds is 5. The SMILES string of the molecule is COC(=O)Cc1c(C)ccn(NS(=O)(=O)c2ccccc2)c1=O. The van der Waals surface area contributed by atoms with Crippen LogP contribution < -0.4 is 10.4 Å². The van der Waals surface area contributed by atoms with Gasteiger partial charge in [-0.3, -0.25) is 9.59 Å². The molecule has 1 aromatic heterocycles. The van der Waals surface area contributed by atoms with E-state index in [-0.39, 0.29) is 16.9 Å². The van der Waals surface area contributed by atoms with Crippen molar-refractivity contribution >= 4 is 16.0 Å². The highest BCUT2D eigenvalue weighted by atomic mass is 32.2. The normalized spacial score (nSPS) is 11.0. The van der Waals surface area contributed by atoms with Crippen LogP contribution in [0.4, 0.5) is 0 Å². The van der Waals surface area contributed by atoms with Gasteiger partial charge < -0.3 is 4.74 Å². The molecule has 122 valence electrons. The van der Waals surface area contributed by atoms with Crippen LogP contribution in [-0.4, -0.2) is 26.2 Å². The van der Waals surface area contributed by atoms with Gasteiger partial charge in [0.2, 0.25) is 0 Å². The molecule has 0 radical (unpaired) electrons. The van der Waals surface area contributed by atoms with Crippen LogP contribution in [-0.2, 0) is 26.0 Å². The van der Waals surface area contributed by atoms with Gasteiger partial charge in [0.1, 0.15) is 0 Å². The van der Waals surface area contributed by atoms with Crippen molar-refractivity contribution in [1.29, 1.82) is 0 Å². The Hall–Kier alpha value is -2.61. The minimum Gasteiger partial charge on any atom is -0.469 e. The molecule has 0 bridgehead atoms. The Labute approximate surface area is 133 Å². The van der Waals surface area contributed by atoms with E-state index in [1.165, 1.54) is 25.4 Å². The predicted octanol–water partition coefficient (Wildman–Crippen LogP) is 0.805. The molecule has 0 amide bonds. The molecular weight excluding hydrogens is 320 g/mol. The number of sulfonamides is 1. The maximum absolute atomic E-state index is 12.4. The number of nitrogens with zero attached hydrogens (tertiary/aromatic N) is 1. The molecule has 7 nitrogen and oxygen atoms in total. The molecule has 0 aliphatic rings. The molecule has 0 fully saturated rings. The summed E-state index contributed by atoms with van der Waals surface area (Å²) in [6.07, 6.45) is 1.08. The number of carbonyl (C=O) groups excluding carboxylic acids is 1. The van der Waals surface area contributed by atoms with Gasteiger partial charge in [0.05, 0.1) is 18.4 Å². The summed E-state index contributed by atoms with van der Waals surface area (Å²) in [6.45, 7) is 1.66. The number of benzene rings is 1. The lowest BCUT2D eigenvalue weighted by atomic mass is 10.1. The molecule has 0 saturated carbocycles. The Balaban J connectivity index is 2.40. The Morgan fingerprint density at radius 2 is 1.87 bits per heavy atom. The van der Waals surface area contributed by atoms with Gasteiger partial charge in [-0.25, -0.2) is 9.51 Å². The van der Waals surface area contributed by atoms with E-state index in [2.05, 4.69) is 9.57 Å². The molecule has 1 aromatic carbocycles. The third-order valence-corrected chi connectivity index (χ3v) is 4.58. The Morgan fingerprint density at radius 1 is 1.22 bits per heavy atom. The van der Waals surface area contributed by atoms with Crippen molar-refractivity contribution in [2.45, 2.75) is 18.2 Å². The molecule has 1 N–H and O–H groups in total. The van der Waals surface area contributed by atoms with Gasteiger partial charge in [-0.05, 0) is 30.7 Å². The second-order valence-corrected chi connectivity index (χ2v) is 6.47. The van der Waals surface area contributed by atoms with E-state index < -0.39 is 21.6 Å². The quantitative estimate of drug-likeness (QED) is 0.815. The number of nitrogens with one attached hydrogen (secondary N) is 1. The average molecular weight is 336 g/mol. The molecule has 1 heterocycles. The van der Waals surface area contributed by atoms with Crippen LogP contribution in [0.2, 0.25) is 0 Å². The monoisotopic (exact) mass is 336 g/mol. The number of esters is 1. The smallest absolute Gasteiger partial charge is 0.310 e. The zero-order valence-electron chi connectivity index (χ0n) is 12.6. The van der Waals surface area contributed by atoms with E-state index in [0.717, 1.165) is 4.68 Å². The molecule has 2 aromatic rings. The number of methoxy groups -OCH3 is 1. The first kappa shape index (κ1) is 16.8. The highest BCUT2D eigenvalue weighted by Crippen LogP contribution is 2.09. The summed E-state index contributed by atoms with van der Waals surface area (Å²) in [5.41, 5.74) is 0.139. The van der Waals surface area contributed by atoms with Crippen molar-refractivity contribution in [3.8, 4) is 0 Å². The summed E-state index contributed by atoms with van der Waals surface area (Å²) < 4.78 is 29.9. The second-order valence-electron chi connectivity index (χ2n) is 4.81. The maximum Gasteiger partial charge on any atom is 0.310 e. The van der Waals surface area contributed by atoms with Gasteiger partial charge in [-0.15, -0.1) is 0 Å². The number of aromatic nitrogens is 1. The summed E-state index contributed by atoms with van der Waals surface area (Å²) in [7, 11) is -2.68. The van der Waals surface area contributed by atoms with Crippen LogP contribution in [0.5, 0.6) is 0 Å². The average Bonchev–Trinajstić information content (AvgIpc) is 2.54. The largest absolute Gasteiger partial charge is 0.469 e. The molecule has 0 aliphatic carbocycles. The van der Waals surface area contributed by atoms with Gasteiger partial charge in [0.25, 0.3) is 15.6 Å². The summed E-state index contributed by atoms with van der Waals surface area (Å²) in [5.74, 6) is -0.575. The van der Waals surface area contributed by atoms with Crippen LogP contribution in [0.3, 0.4) is 0 Å². The lowest BCUT2D eigenvalue weighted by molar-refractivity contribution is -0.139. The second kappa shape index (κ2) is 6.66. The van der Waals surface area contributed by atoms with Gasteiger partial charge >= 0.3 is 5.97 Å². The zero-order valence-corrected chi connectivity index (χ0v) is 13.5. The van der Waals surface area contributed by atoms with Gasteiger partial charge in [0, 0.05) is 11.8 Å². The molecule has 0 aliphatic heterocycles. The fourth-order valence-electron chi connectivity index (χ4n) is 1.95. The van der Waals surface area contributed by atoms with Crippen LogP contribution in [0, 0.1) is 6.92 Å². The molecule has 2 rings (SSSR count). The molecular formula is C15H16N2O5S. The highest BCUT2D eigenvalue weighted by Gasteiger charge is 2.17. The number of pyridine rings is 1. The molecule has 8 heteroatoms. The van der Waals surface area contributed by atoms with Crippen LogP contribution in [0.15, 0.2) is 52.3 Å². The fraction of sp³-hybridized carbons (Fsp3) is 0.200. The molecule has 0 atom stereocenters. The number of hydrogen-bond acceptors (Lipinski definition) is 5. The van der Waals surface area contributed by atoms with E-state index in [9.17, 15) is 18.0 Å². The van der Waals surface area contributed by atoms with Crippen molar-refractivity contribution in [2.24, 2.45) is 0 Å². The number of ether oxygens (including phenoxy) is 1. The first-order valence-electron chi connectivity index (χ1n) is 6.71. The van der Waals surface area contributed by atoms with Crippen LogP contribution in [0.1, 0.15) is 11.1 Å². The van der Waals surface area contributed by atoms with Crippen molar-refractivity contribution in [1.82, 2.24) is 4.68 Å². The highest BCUT2D eigenvalue weighted by molar-refractivity contribution is 7.92. The van der Waals surface area contributed by atoms with E-state index in [0.29, 0.717) is 5.56 Å². The third-order valence-electron chi connectivity index (χ3n) is 3.25. The Bertz CT molecular complexity index is 872. The van der Waals surface area contributed by atoms with E-state index in [1.807, 2.05) is 0 Å². The number of aryl methyl sites for hydroxylation is 1. The first-order chi connectivity index (χ1) is 10.8. The van der Waals surface area contributed by atoms with Crippen molar-refractivity contribution in [2.75, 3.05) is 11.9 Å². The Kier molecular flexibility index (Phi) is 4.85. The molecule has 0 saturated heterocycles. The standard InChI is InChI=1S/C15H16N2O5S/c1-11-8-9-17(15(19)13(11)10-14(18)22-2)16-23(20,21)12-6-4-3-5-7-12/h3-9,16H,10H2,1-2H3. The van der Waals surface area contributed by atoms with E-state index in [1.54, 1.807) is 31.2 Å². The maximum atomic E-state index is 12.4. The van der Waals surface area contributed by atoms with Crippen LogP contribution >= 0.6 is 0 Å². The summed E-state index contributed by atoms with van der Waals surface area (Å²) in [4.78, 5) is 26.0. The van der Waals surface area contributed by atoms with Crippen LogP contribution in [0.25, 0.3) is 0 Å². The molecule has 23 heavy (non-hydrogen) atoms. The minimum absolute atomic E-state index is 0.0296. The lowest BCUT2D eigenvalue weighted by Gasteiger charge is -2.13. The molecule has 0 spiro atoms. The van der Waals surface area contributed by atoms with Crippen molar-refractivity contribution in [3.63, 3.8) is 0 Å². The minimum atomic E-state index is -3.90. The summed E-state index contributed by atoms with van der Waals surface area (Å²) in [6, 6.07) is 9.22. The number of hydrogen-bond donors (Lipinski definition) is 1. The number of carbonyl (C=O) groups is 1. The van der Waals surface area contributed by atoms with Crippen molar-refractivity contribution in [3.05, 3.63) is 64.1 Å². The lowest BCUT2D eigenvalue weighted by Crippen LogP contribution is -2.35. The van der Waals surface area contributed by atoms with E-state index >= 15 is 0 Å². The Morgan fingerprint density at radius 3 is 2.48 bits per heavy atom. The molecule has 0 unspecified atom stereocenters. The third kappa shape index (κ3) is 3.78. The van der Waals surface area contributed by atoms with Gasteiger partial charge in [-0.1, -0.05) is 18.2 Å². The topological polar surface area (TPSA) is 94.5 Å². The van der Waals surface area contributed by atoms with Crippen molar-refractivity contribution < 1.29 is 17.9 Å². The fourth-order valence-corrected chi connectivity index (χ4v) is 2.98. The summed E-state index contributed by atoms with van der Waals surface area (Å²) in [5, 5.41) is 0. The zero-order chi connectivity index (χ0) is 17.0. The first-order valence-corrected chi connectivity index (χ1v) is 8.19. The van der Waals surface area contributed by atoms with Gasteiger partial charge in [0.15, 0.2) is 0 Å². The predicted molar refractivity (Wildman–Crippen MR) is 84.1 cm³/mol. The van der Waals surface area contributed by atoms with Gasteiger partial charge in [-0.2, -0.15) is 8.42 Å². The summed E-state index contributed by atoms with van der Waals surface area (Å²) >= 11 is 0. The van der Waals surface area contributed by atoms with E-state index in [4.69, 9.17) is 0 Å².